The quantitative estimate of drug-likeness (QED) is 0.237. The van der Waals surface area contributed by atoms with Crippen LogP contribution < -0.4 is 37.7 Å². The molecule has 0 atom stereocenters. The van der Waals surface area contributed by atoms with Crippen LogP contribution in [0.5, 0.6) is 0 Å². The maximum absolute atomic E-state index is 0. The Morgan fingerprint density at radius 1 is 0.500 bits per heavy atom. The third-order valence-corrected chi connectivity index (χ3v) is 0. The zero-order chi connectivity index (χ0) is 0. The molecule has 0 amide bonds. The van der Waals surface area contributed by atoms with Gasteiger partial charge in [0.15, 0.2) is 0 Å². The Balaban J connectivity index is 0. The molecule has 0 rings (SSSR count). The van der Waals surface area contributed by atoms with Crippen LogP contribution >= 0.6 is 0 Å². The molecule has 0 N–H and O–H groups in total. The fraction of sp³-hybridized carbons (Fsp3) is 0. The summed E-state index contributed by atoms with van der Waals surface area (Å²) >= 11 is 0. The summed E-state index contributed by atoms with van der Waals surface area (Å²) in [6, 6.07) is 0. The van der Waals surface area contributed by atoms with Crippen molar-refractivity contribution in [2.75, 3.05) is 0 Å². The van der Waals surface area contributed by atoms with Gasteiger partial charge in [0, 0.05) is 0 Å². The van der Waals surface area contributed by atoms with E-state index in [1.807, 2.05) is 0 Å². The first-order valence-electron chi connectivity index (χ1n) is 0. The van der Waals surface area contributed by atoms with E-state index in [2.05, 4.69) is 0 Å². The molecule has 0 aliphatic rings. The van der Waals surface area contributed by atoms with Crippen LogP contribution in [0.1, 0.15) is 0 Å². The summed E-state index contributed by atoms with van der Waals surface area (Å²) in [6.07, 6.45) is 0. The topological polar surface area (TPSA) is 0 Å². The van der Waals surface area contributed by atoms with Gasteiger partial charge in [-0.05, 0) is 0 Å². The van der Waals surface area contributed by atoms with Gasteiger partial charge in [-0.2, -0.15) is 0 Å². The van der Waals surface area contributed by atoms with E-state index in [-0.39, 0.29) is 54.5 Å². The number of rotatable bonds is 0. The Morgan fingerprint density at radius 2 is 0.500 bits per heavy atom. The van der Waals surface area contributed by atoms with E-state index in [9.17, 15) is 0 Å². The fourth-order valence-corrected chi connectivity index (χ4v) is 0. The van der Waals surface area contributed by atoms with Crippen molar-refractivity contribution < 1.29 is 37.7 Å². The molecule has 0 radical (unpaired) electrons. The summed E-state index contributed by atoms with van der Waals surface area (Å²) < 4.78 is 0. The van der Waals surface area contributed by atoms with E-state index in [0.717, 1.165) is 0 Å². The van der Waals surface area contributed by atoms with Crippen LogP contribution in [-0.2, 0) is 0 Å². The molecule has 0 nitrogen and oxygen atoms in total. The van der Waals surface area contributed by atoms with Gasteiger partial charge in [-0.25, -0.2) is 0 Å². The monoisotopic (exact) mass is 44.1 g/mol. The Labute approximate surface area is 54.6 Å². The molecule has 0 spiro atoms. The van der Waals surface area contributed by atoms with Crippen molar-refractivity contribution in [1.29, 1.82) is 0 Å². The Hall–Kier alpha value is 1.32. The van der Waals surface area contributed by atoms with Crippen LogP contribution in [0.25, 0.3) is 0 Å². The molecule has 0 aliphatic heterocycles. The van der Waals surface area contributed by atoms with E-state index in [0.29, 0.717) is 0 Å². The second-order valence-electron chi connectivity index (χ2n) is 0. The summed E-state index contributed by atoms with van der Waals surface area (Å²) in [7, 11) is 0. The SMILES string of the molecule is [BH4-].[BH4-].[Li+].[Li+]. The Bertz CT molecular complexity index is 4.00. The molecule has 0 aromatic heterocycles. The van der Waals surface area contributed by atoms with Gasteiger partial charge in [0.1, 0.15) is 0 Å². The van der Waals surface area contributed by atoms with E-state index in [4.69, 9.17) is 0 Å². The molecule has 0 saturated heterocycles. The Kier molecular flexibility index (Phi) is 387. The standard InChI is InChI=1S/2BH4.2Li/h2*1H4;;/q2*-1;2*+1. The van der Waals surface area contributed by atoms with Crippen molar-refractivity contribution in [3.8, 4) is 0 Å². The number of hydrogen-bond acceptors (Lipinski definition) is 0. The summed E-state index contributed by atoms with van der Waals surface area (Å²) in [4.78, 5) is 0. The molecular formula is H8B2Li2. The van der Waals surface area contributed by atoms with Gasteiger partial charge >= 0.3 is 37.7 Å². The summed E-state index contributed by atoms with van der Waals surface area (Å²) in [5, 5.41) is 0. The van der Waals surface area contributed by atoms with E-state index in [1.54, 1.807) is 0 Å². The van der Waals surface area contributed by atoms with Crippen molar-refractivity contribution in [2.45, 2.75) is 0 Å². The third-order valence-electron chi connectivity index (χ3n) is 0. The van der Waals surface area contributed by atoms with Crippen LogP contribution in [0.3, 0.4) is 0 Å². The van der Waals surface area contributed by atoms with Crippen LogP contribution in [-0.4, -0.2) is 16.8 Å². The van der Waals surface area contributed by atoms with Crippen molar-refractivity contribution in [3.05, 3.63) is 0 Å². The molecule has 0 unspecified atom stereocenters. The Morgan fingerprint density at radius 3 is 0.500 bits per heavy atom. The second-order valence-corrected chi connectivity index (χ2v) is 0. The fourth-order valence-electron chi connectivity index (χ4n) is 0. The molecule has 16 valence electrons. The zero-order valence-corrected chi connectivity index (χ0v) is 2.00. The predicted molar refractivity (Wildman–Crippen MR) is 22.7 cm³/mol. The minimum Gasteiger partial charge on any atom is -0.0626 e. The molecule has 0 aromatic carbocycles. The molecule has 0 saturated carbocycles. The third kappa shape index (κ3) is 10.2. The summed E-state index contributed by atoms with van der Waals surface area (Å²) in [5.41, 5.74) is 0. The normalized spacial score (nSPS) is 0. The molecule has 4 heavy (non-hydrogen) atoms. The maximum atomic E-state index is 0. The first-order chi connectivity index (χ1) is 0. The van der Waals surface area contributed by atoms with Crippen LogP contribution in [0, 0.1) is 0 Å². The second kappa shape index (κ2) is 27.2. The van der Waals surface area contributed by atoms with Crippen molar-refractivity contribution >= 4 is 16.8 Å². The van der Waals surface area contributed by atoms with Crippen molar-refractivity contribution in [2.24, 2.45) is 0 Å². The van der Waals surface area contributed by atoms with Gasteiger partial charge in [-0.15, -0.1) is 0 Å². The van der Waals surface area contributed by atoms with Crippen molar-refractivity contribution in [1.82, 2.24) is 0 Å². The number of hydrogen-bond donors (Lipinski definition) is 0. The van der Waals surface area contributed by atoms with E-state index >= 15 is 0 Å². The first kappa shape index (κ1) is 56.8. The van der Waals surface area contributed by atoms with Crippen LogP contribution in [0.2, 0.25) is 0 Å². The van der Waals surface area contributed by atoms with Gasteiger partial charge in [0.25, 0.3) is 0 Å². The molecule has 4 heteroatoms. The minimum atomic E-state index is 0. The van der Waals surface area contributed by atoms with Crippen LogP contribution in [0.15, 0.2) is 0 Å². The predicted octanol–water partition coefficient (Wildman–Crippen LogP) is -8.90. The average Bonchev–Trinajstić information content (AvgIpc) is 0. The summed E-state index contributed by atoms with van der Waals surface area (Å²) in [5.74, 6) is 0. The molecule has 0 heterocycles. The van der Waals surface area contributed by atoms with Gasteiger partial charge in [0.05, 0.1) is 0 Å². The van der Waals surface area contributed by atoms with Gasteiger partial charge in [0.2, 0.25) is 0 Å². The largest absolute Gasteiger partial charge is 1.00 e. The molecule has 0 bridgehead atoms. The van der Waals surface area contributed by atoms with Crippen molar-refractivity contribution in [3.63, 3.8) is 0 Å². The molecule has 0 fully saturated rings. The molecular weight excluding hydrogens is 35.5 g/mol. The van der Waals surface area contributed by atoms with Gasteiger partial charge < -0.3 is 0 Å². The molecule has 0 aliphatic carbocycles. The van der Waals surface area contributed by atoms with E-state index < -0.39 is 0 Å². The maximum Gasteiger partial charge on any atom is 1.00 e. The summed E-state index contributed by atoms with van der Waals surface area (Å²) in [6.45, 7) is 0. The molecule has 0 aromatic rings. The van der Waals surface area contributed by atoms with Crippen LogP contribution in [0.4, 0.5) is 0 Å². The zero-order valence-electron chi connectivity index (χ0n) is 2.00. The first-order valence-corrected chi connectivity index (χ1v) is 0. The average molecular weight is 43.6 g/mol. The van der Waals surface area contributed by atoms with Gasteiger partial charge in [-0.1, -0.05) is 16.8 Å². The minimum absolute atomic E-state index is 0. The smallest absolute Gasteiger partial charge is 0.0626 e. The van der Waals surface area contributed by atoms with E-state index in [1.165, 1.54) is 0 Å². The van der Waals surface area contributed by atoms with Gasteiger partial charge in [-0.3, -0.25) is 0 Å².